The smallest absolute Gasteiger partial charge is 0.335 e. The maximum atomic E-state index is 10.7. The van der Waals surface area contributed by atoms with Gasteiger partial charge in [-0.3, -0.25) is 0 Å². The van der Waals surface area contributed by atoms with Crippen molar-refractivity contribution in [1.29, 1.82) is 0 Å². The van der Waals surface area contributed by atoms with Gasteiger partial charge in [-0.15, -0.1) is 11.8 Å². The molecule has 17 heavy (non-hydrogen) atoms. The lowest BCUT2D eigenvalue weighted by molar-refractivity contribution is 0.0697. The summed E-state index contributed by atoms with van der Waals surface area (Å²) in [5, 5.41) is 12.4. The number of aryl methyl sites for hydroxylation is 1. The van der Waals surface area contributed by atoms with Gasteiger partial charge in [0.2, 0.25) is 5.89 Å². The molecule has 0 atom stereocenters. The second-order valence-corrected chi connectivity index (χ2v) is 4.40. The summed E-state index contributed by atoms with van der Waals surface area (Å²) in [6.07, 6.45) is 0. The fourth-order valence-corrected chi connectivity index (χ4v) is 1.97. The molecule has 0 aliphatic carbocycles. The number of nitrogens with zero attached hydrogens (tertiary/aromatic N) is 2. The highest BCUT2D eigenvalue weighted by molar-refractivity contribution is 7.98. The van der Waals surface area contributed by atoms with Gasteiger partial charge in [0, 0.05) is 4.90 Å². The molecule has 2 rings (SSSR count). The van der Waals surface area contributed by atoms with E-state index in [1.165, 1.54) is 11.8 Å². The van der Waals surface area contributed by atoms with Crippen LogP contribution in [0.5, 0.6) is 0 Å². The SMILES string of the molecule is Cc1noc(CSc2ccc(C(=O)O)cc2)n1. The van der Waals surface area contributed by atoms with Gasteiger partial charge in [-0.25, -0.2) is 4.79 Å². The Hall–Kier alpha value is -1.82. The topological polar surface area (TPSA) is 76.2 Å². The van der Waals surface area contributed by atoms with Crippen LogP contribution in [0.15, 0.2) is 33.7 Å². The molecular formula is C11H10N2O3S. The average molecular weight is 250 g/mol. The summed E-state index contributed by atoms with van der Waals surface area (Å²) in [7, 11) is 0. The normalized spacial score (nSPS) is 10.4. The van der Waals surface area contributed by atoms with E-state index in [0.29, 0.717) is 17.5 Å². The second kappa shape index (κ2) is 5.01. The van der Waals surface area contributed by atoms with Gasteiger partial charge in [-0.2, -0.15) is 4.98 Å². The summed E-state index contributed by atoms with van der Waals surface area (Å²) in [5.41, 5.74) is 0.281. The van der Waals surface area contributed by atoms with Crippen LogP contribution in [0.25, 0.3) is 0 Å². The number of carbonyl (C=O) groups is 1. The molecule has 0 aliphatic rings. The summed E-state index contributed by atoms with van der Waals surface area (Å²) in [6.45, 7) is 1.76. The number of rotatable bonds is 4. The van der Waals surface area contributed by atoms with Crippen molar-refractivity contribution >= 4 is 17.7 Å². The number of hydrogen-bond donors (Lipinski definition) is 1. The third-order valence-corrected chi connectivity index (χ3v) is 3.03. The van der Waals surface area contributed by atoms with Crippen LogP contribution in [-0.2, 0) is 5.75 Å². The summed E-state index contributed by atoms with van der Waals surface area (Å²) < 4.78 is 4.97. The molecule has 0 unspecified atom stereocenters. The van der Waals surface area contributed by atoms with Crippen LogP contribution >= 0.6 is 11.8 Å². The van der Waals surface area contributed by atoms with E-state index in [9.17, 15) is 4.79 Å². The van der Waals surface area contributed by atoms with Crippen LogP contribution in [0.1, 0.15) is 22.1 Å². The van der Waals surface area contributed by atoms with Gasteiger partial charge in [-0.1, -0.05) is 5.16 Å². The number of aromatic carboxylic acids is 1. The molecular weight excluding hydrogens is 240 g/mol. The minimum atomic E-state index is -0.922. The molecule has 0 saturated carbocycles. The van der Waals surface area contributed by atoms with Crippen LogP contribution < -0.4 is 0 Å². The molecule has 0 fully saturated rings. The van der Waals surface area contributed by atoms with Gasteiger partial charge in [-0.05, 0) is 31.2 Å². The van der Waals surface area contributed by atoms with Crippen molar-refractivity contribution < 1.29 is 14.4 Å². The summed E-state index contributed by atoms with van der Waals surface area (Å²) >= 11 is 1.52. The number of benzene rings is 1. The molecule has 88 valence electrons. The van der Waals surface area contributed by atoms with Crippen LogP contribution in [0.3, 0.4) is 0 Å². The van der Waals surface area contributed by atoms with Gasteiger partial charge in [0.05, 0.1) is 11.3 Å². The predicted octanol–water partition coefficient (Wildman–Crippen LogP) is 2.37. The van der Waals surface area contributed by atoms with E-state index in [1.807, 2.05) is 0 Å². The van der Waals surface area contributed by atoms with Crippen LogP contribution in [0.2, 0.25) is 0 Å². The summed E-state index contributed by atoms with van der Waals surface area (Å²) in [5.74, 6) is 0.832. The molecule has 0 amide bonds. The average Bonchev–Trinajstić information content (AvgIpc) is 2.73. The molecule has 0 spiro atoms. The van der Waals surface area contributed by atoms with Crippen molar-refractivity contribution in [1.82, 2.24) is 10.1 Å². The molecule has 6 heteroatoms. The minimum Gasteiger partial charge on any atom is -0.478 e. The molecule has 5 nitrogen and oxygen atoms in total. The number of carboxylic acids is 1. The molecule has 0 radical (unpaired) electrons. The Morgan fingerprint density at radius 3 is 2.65 bits per heavy atom. The molecule has 0 aliphatic heterocycles. The summed E-state index contributed by atoms with van der Waals surface area (Å²) in [6, 6.07) is 6.67. The highest BCUT2D eigenvalue weighted by atomic mass is 32.2. The van der Waals surface area contributed by atoms with Gasteiger partial charge in [0.25, 0.3) is 0 Å². The third-order valence-electron chi connectivity index (χ3n) is 2.03. The highest BCUT2D eigenvalue weighted by Crippen LogP contribution is 2.22. The second-order valence-electron chi connectivity index (χ2n) is 3.35. The van der Waals surface area contributed by atoms with Gasteiger partial charge >= 0.3 is 5.97 Å². The Kier molecular flexibility index (Phi) is 3.43. The fourth-order valence-electron chi connectivity index (χ4n) is 1.24. The Balaban J connectivity index is 1.97. The van der Waals surface area contributed by atoms with E-state index < -0.39 is 5.97 Å². The van der Waals surface area contributed by atoms with E-state index in [4.69, 9.17) is 9.63 Å². The zero-order valence-electron chi connectivity index (χ0n) is 9.08. The largest absolute Gasteiger partial charge is 0.478 e. The monoisotopic (exact) mass is 250 g/mol. The van der Waals surface area contributed by atoms with Crippen LogP contribution in [0, 0.1) is 6.92 Å². The predicted molar refractivity (Wildman–Crippen MR) is 62.0 cm³/mol. The first-order valence-corrected chi connectivity index (χ1v) is 5.89. The van der Waals surface area contributed by atoms with E-state index in [-0.39, 0.29) is 5.56 Å². The molecule has 2 aromatic rings. The van der Waals surface area contributed by atoms with Crippen LogP contribution in [0.4, 0.5) is 0 Å². The Morgan fingerprint density at radius 1 is 1.41 bits per heavy atom. The Bertz CT molecular complexity index is 522. The lowest BCUT2D eigenvalue weighted by Crippen LogP contribution is -1.94. The van der Waals surface area contributed by atoms with E-state index in [2.05, 4.69) is 10.1 Å². The highest BCUT2D eigenvalue weighted by Gasteiger charge is 2.05. The Labute approximate surface area is 102 Å². The standard InChI is InChI=1S/C11H10N2O3S/c1-7-12-10(16-13-7)6-17-9-4-2-8(3-5-9)11(14)15/h2-5H,6H2,1H3,(H,14,15). The van der Waals surface area contributed by atoms with Gasteiger partial charge in [0.1, 0.15) is 0 Å². The third kappa shape index (κ3) is 3.07. The number of hydrogen-bond acceptors (Lipinski definition) is 5. The van der Waals surface area contributed by atoms with Gasteiger partial charge in [0.15, 0.2) is 5.82 Å². The number of thioether (sulfide) groups is 1. The lowest BCUT2D eigenvalue weighted by Gasteiger charge is -1.99. The number of carboxylic acid groups (broad SMARTS) is 1. The first-order chi connectivity index (χ1) is 8.15. The van der Waals surface area contributed by atoms with E-state index in [0.717, 1.165) is 4.90 Å². The molecule has 0 bridgehead atoms. The zero-order valence-corrected chi connectivity index (χ0v) is 9.90. The summed E-state index contributed by atoms with van der Waals surface area (Å²) in [4.78, 5) is 15.7. The molecule has 0 saturated heterocycles. The minimum absolute atomic E-state index is 0.281. The quantitative estimate of drug-likeness (QED) is 0.839. The molecule has 1 heterocycles. The first kappa shape index (κ1) is 11.7. The fraction of sp³-hybridized carbons (Fsp3) is 0.182. The van der Waals surface area contributed by atoms with Crippen molar-refractivity contribution in [3.8, 4) is 0 Å². The molecule has 1 N–H and O–H groups in total. The van der Waals surface area contributed by atoms with Crippen molar-refractivity contribution in [2.75, 3.05) is 0 Å². The molecule has 1 aromatic carbocycles. The first-order valence-electron chi connectivity index (χ1n) is 4.90. The lowest BCUT2D eigenvalue weighted by atomic mass is 10.2. The Morgan fingerprint density at radius 2 is 2.12 bits per heavy atom. The van der Waals surface area contributed by atoms with E-state index in [1.54, 1.807) is 31.2 Å². The van der Waals surface area contributed by atoms with Crippen molar-refractivity contribution in [3.05, 3.63) is 41.5 Å². The van der Waals surface area contributed by atoms with Crippen molar-refractivity contribution in [2.24, 2.45) is 0 Å². The maximum Gasteiger partial charge on any atom is 0.335 e. The maximum absolute atomic E-state index is 10.7. The van der Waals surface area contributed by atoms with Gasteiger partial charge < -0.3 is 9.63 Å². The van der Waals surface area contributed by atoms with E-state index >= 15 is 0 Å². The van der Waals surface area contributed by atoms with Crippen molar-refractivity contribution in [3.63, 3.8) is 0 Å². The molecule has 1 aromatic heterocycles. The van der Waals surface area contributed by atoms with Crippen molar-refractivity contribution in [2.45, 2.75) is 17.6 Å². The van der Waals surface area contributed by atoms with Crippen LogP contribution in [-0.4, -0.2) is 21.2 Å². The zero-order chi connectivity index (χ0) is 12.3. The number of aromatic nitrogens is 2.